The Morgan fingerprint density at radius 1 is 0.947 bits per heavy atom. The first-order valence-electron chi connectivity index (χ1n) is 5.84. The average molecular weight is 248 g/mol. The number of aryl methyl sites for hydroxylation is 2. The van der Waals surface area contributed by atoms with E-state index in [9.17, 15) is 0 Å². The molecule has 0 aliphatic carbocycles. The van der Waals surface area contributed by atoms with Crippen LogP contribution in [0.3, 0.4) is 0 Å². The summed E-state index contributed by atoms with van der Waals surface area (Å²) in [5.74, 6) is 1.10. The molecular weight excluding hydrogens is 236 g/mol. The van der Waals surface area contributed by atoms with Crippen LogP contribution in [0.5, 0.6) is 11.5 Å². The van der Waals surface area contributed by atoms with Crippen LogP contribution in [0.15, 0.2) is 36.4 Å². The minimum Gasteiger partial charge on any atom is -0.456 e. The second kappa shape index (κ2) is 5.25. The summed E-state index contributed by atoms with van der Waals surface area (Å²) in [5, 5.41) is 18.1. The second-order valence-electron chi connectivity index (χ2n) is 4.27. The molecule has 92 valence electrons. The maximum absolute atomic E-state index is 9.14. The van der Waals surface area contributed by atoms with E-state index in [-0.39, 0.29) is 5.56 Å². The van der Waals surface area contributed by atoms with Gasteiger partial charge in [0.1, 0.15) is 29.2 Å². The van der Waals surface area contributed by atoms with Gasteiger partial charge in [-0.05, 0) is 37.6 Å². The summed E-state index contributed by atoms with van der Waals surface area (Å²) in [6.07, 6.45) is 0. The molecule has 0 saturated carbocycles. The molecule has 3 nitrogen and oxygen atoms in total. The third-order valence-corrected chi connectivity index (χ3v) is 2.81. The SMILES string of the molecule is Cc1ccc(Oc2cccc(C#N)c2C#N)c(C)c1. The van der Waals surface area contributed by atoms with Crippen molar-refractivity contribution in [1.82, 2.24) is 0 Å². The third-order valence-electron chi connectivity index (χ3n) is 2.81. The van der Waals surface area contributed by atoms with Gasteiger partial charge >= 0.3 is 0 Å². The van der Waals surface area contributed by atoms with Crippen LogP contribution in [0.4, 0.5) is 0 Å². The largest absolute Gasteiger partial charge is 0.456 e. The smallest absolute Gasteiger partial charge is 0.146 e. The van der Waals surface area contributed by atoms with Gasteiger partial charge in [-0.15, -0.1) is 0 Å². The number of rotatable bonds is 2. The van der Waals surface area contributed by atoms with Crippen molar-refractivity contribution in [2.45, 2.75) is 13.8 Å². The Kier molecular flexibility index (Phi) is 3.50. The summed E-state index contributed by atoms with van der Waals surface area (Å²) >= 11 is 0. The lowest BCUT2D eigenvalue weighted by molar-refractivity contribution is 0.477. The summed E-state index contributed by atoms with van der Waals surface area (Å²) in [7, 11) is 0. The lowest BCUT2D eigenvalue weighted by atomic mass is 10.1. The van der Waals surface area contributed by atoms with E-state index in [0.29, 0.717) is 17.1 Å². The van der Waals surface area contributed by atoms with Gasteiger partial charge in [-0.3, -0.25) is 0 Å². The quantitative estimate of drug-likeness (QED) is 0.811. The molecule has 3 heteroatoms. The number of nitriles is 2. The van der Waals surface area contributed by atoms with Gasteiger partial charge in [0.2, 0.25) is 0 Å². The topological polar surface area (TPSA) is 56.8 Å². The highest BCUT2D eigenvalue weighted by Gasteiger charge is 2.10. The molecule has 0 saturated heterocycles. The van der Waals surface area contributed by atoms with E-state index in [2.05, 4.69) is 0 Å². The highest BCUT2D eigenvalue weighted by atomic mass is 16.5. The van der Waals surface area contributed by atoms with E-state index in [1.54, 1.807) is 18.2 Å². The molecule has 0 N–H and O–H groups in total. The number of benzene rings is 2. The highest BCUT2D eigenvalue weighted by Crippen LogP contribution is 2.29. The molecule has 0 fully saturated rings. The maximum Gasteiger partial charge on any atom is 0.146 e. The van der Waals surface area contributed by atoms with E-state index in [4.69, 9.17) is 15.3 Å². The van der Waals surface area contributed by atoms with Gasteiger partial charge in [-0.1, -0.05) is 23.8 Å². The molecule has 0 amide bonds. The molecule has 0 radical (unpaired) electrons. The standard InChI is InChI=1S/C16H12N2O/c1-11-6-7-15(12(2)8-11)19-16-5-3-4-13(9-17)14(16)10-18/h3-8H,1-2H3. The predicted molar refractivity (Wildman–Crippen MR) is 71.9 cm³/mol. The van der Waals surface area contributed by atoms with Crippen molar-refractivity contribution in [3.63, 3.8) is 0 Å². The molecule has 0 aliphatic heterocycles. The summed E-state index contributed by atoms with van der Waals surface area (Å²) in [5.41, 5.74) is 2.73. The Hall–Kier alpha value is -2.78. The van der Waals surface area contributed by atoms with Crippen LogP contribution in [0.1, 0.15) is 22.3 Å². The molecule has 0 bridgehead atoms. The van der Waals surface area contributed by atoms with Crippen LogP contribution >= 0.6 is 0 Å². The lowest BCUT2D eigenvalue weighted by Gasteiger charge is -2.11. The molecule has 2 aromatic rings. The number of hydrogen-bond donors (Lipinski definition) is 0. The Balaban J connectivity index is 2.45. The van der Waals surface area contributed by atoms with Crippen molar-refractivity contribution >= 4 is 0 Å². The molecule has 0 aliphatic rings. The van der Waals surface area contributed by atoms with Gasteiger partial charge < -0.3 is 4.74 Å². The third kappa shape index (κ3) is 2.56. The van der Waals surface area contributed by atoms with Crippen LogP contribution in [-0.2, 0) is 0 Å². The first-order valence-corrected chi connectivity index (χ1v) is 5.84. The van der Waals surface area contributed by atoms with Gasteiger partial charge in [0.15, 0.2) is 0 Å². The molecule has 0 spiro atoms. The minimum absolute atomic E-state index is 0.268. The Morgan fingerprint density at radius 2 is 1.74 bits per heavy atom. The number of hydrogen-bond acceptors (Lipinski definition) is 3. The summed E-state index contributed by atoms with van der Waals surface area (Å²) in [6.45, 7) is 3.95. The van der Waals surface area contributed by atoms with E-state index in [1.807, 2.05) is 44.2 Å². The highest BCUT2D eigenvalue weighted by molar-refractivity contribution is 5.55. The Labute approximate surface area is 112 Å². The zero-order valence-corrected chi connectivity index (χ0v) is 10.8. The summed E-state index contributed by atoms with van der Waals surface area (Å²) in [4.78, 5) is 0. The Morgan fingerprint density at radius 3 is 2.37 bits per heavy atom. The van der Waals surface area contributed by atoms with Gasteiger partial charge in [0, 0.05) is 0 Å². The first-order chi connectivity index (χ1) is 9.15. The van der Waals surface area contributed by atoms with Crippen molar-refractivity contribution in [2.75, 3.05) is 0 Å². The summed E-state index contributed by atoms with van der Waals surface area (Å²) < 4.78 is 5.76. The van der Waals surface area contributed by atoms with Crippen molar-refractivity contribution < 1.29 is 4.74 Å². The van der Waals surface area contributed by atoms with Crippen LogP contribution in [-0.4, -0.2) is 0 Å². The molecule has 2 rings (SSSR count). The van der Waals surface area contributed by atoms with Crippen molar-refractivity contribution in [2.24, 2.45) is 0 Å². The van der Waals surface area contributed by atoms with Crippen LogP contribution in [0, 0.1) is 36.5 Å². The van der Waals surface area contributed by atoms with Crippen molar-refractivity contribution in [1.29, 1.82) is 10.5 Å². The van der Waals surface area contributed by atoms with Crippen LogP contribution in [0.25, 0.3) is 0 Å². The Bertz CT molecular complexity index is 706. The molecule has 2 aromatic carbocycles. The normalized spacial score (nSPS) is 9.47. The maximum atomic E-state index is 9.14. The first kappa shape index (κ1) is 12.7. The molecule has 19 heavy (non-hydrogen) atoms. The molecule has 0 aromatic heterocycles. The zero-order chi connectivity index (χ0) is 13.8. The second-order valence-corrected chi connectivity index (χ2v) is 4.27. The van der Waals surface area contributed by atoms with Gasteiger partial charge in [0.25, 0.3) is 0 Å². The van der Waals surface area contributed by atoms with Crippen LogP contribution < -0.4 is 4.74 Å². The van der Waals surface area contributed by atoms with Crippen LogP contribution in [0.2, 0.25) is 0 Å². The molecule has 0 atom stereocenters. The average Bonchev–Trinajstić information content (AvgIpc) is 2.41. The minimum atomic E-state index is 0.268. The fraction of sp³-hybridized carbons (Fsp3) is 0.125. The van der Waals surface area contributed by atoms with E-state index < -0.39 is 0 Å². The zero-order valence-electron chi connectivity index (χ0n) is 10.8. The molecule has 0 heterocycles. The molecular formula is C16H12N2O. The summed E-state index contributed by atoms with van der Waals surface area (Å²) in [6, 6.07) is 14.8. The number of nitrogens with zero attached hydrogens (tertiary/aromatic N) is 2. The van der Waals surface area contributed by atoms with E-state index in [0.717, 1.165) is 11.1 Å². The van der Waals surface area contributed by atoms with E-state index >= 15 is 0 Å². The number of ether oxygens (including phenoxy) is 1. The molecule has 0 unspecified atom stereocenters. The van der Waals surface area contributed by atoms with Crippen molar-refractivity contribution in [3.8, 4) is 23.6 Å². The monoisotopic (exact) mass is 248 g/mol. The van der Waals surface area contributed by atoms with Gasteiger partial charge in [-0.2, -0.15) is 10.5 Å². The lowest BCUT2D eigenvalue weighted by Crippen LogP contribution is -1.93. The van der Waals surface area contributed by atoms with Gasteiger partial charge in [-0.25, -0.2) is 0 Å². The predicted octanol–water partition coefficient (Wildman–Crippen LogP) is 3.84. The van der Waals surface area contributed by atoms with E-state index in [1.165, 1.54) is 0 Å². The fourth-order valence-electron chi connectivity index (χ4n) is 1.86. The van der Waals surface area contributed by atoms with Crippen molar-refractivity contribution in [3.05, 3.63) is 58.7 Å². The van der Waals surface area contributed by atoms with Gasteiger partial charge in [0.05, 0.1) is 5.56 Å². The fourth-order valence-corrected chi connectivity index (χ4v) is 1.86.